The Bertz CT molecular complexity index is 280. The molecule has 0 amide bonds. The molecule has 0 spiro atoms. The van der Waals surface area contributed by atoms with E-state index < -0.39 is 0 Å². The van der Waals surface area contributed by atoms with E-state index in [0.717, 1.165) is 11.8 Å². The fraction of sp³-hybridized carbons (Fsp3) is 0.462. The minimum Gasteiger partial charge on any atom is -0.373 e. The lowest BCUT2D eigenvalue weighted by molar-refractivity contribution is -0.111. The van der Waals surface area contributed by atoms with E-state index in [1.165, 1.54) is 0 Å². The van der Waals surface area contributed by atoms with Crippen LogP contribution in [0.1, 0.15) is 25.8 Å². The van der Waals surface area contributed by atoms with Gasteiger partial charge in [0.25, 0.3) is 0 Å². The molecule has 1 aromatic rings. The fourth-order valence-electron chi connectivity index (χ4n) is 1.40. The molecule has 0 bridgehead atoms. The summed E-state index contributed by atoms with van der Waals surface area (Å²) in [6.45, 7) is 4.72. The summed E-state index contributed by atoms with van der Waals surface area (Å²) in [4.78, 5) is 10.5. The van der Waals surface area contributed by atoms with Gasteiger partial charge in [0, 0.05) is 6.42 Å². The van der Waals surface area contributed by atoms with Gasteiger partial charge in [-0.05, 0) is 11.5 Å². The SMILES string of the molecule is CC(C)C(CC=O)OCc1ccccc1. The molecule has 0 aliphatic rings. The molecule has 1 aromatic carbocycles. The smallest absolute Gasteiger partial charge is 0.122 e. The molecular weight excluding hydrogens is 188 g/mol. The number of carbonyl (C=O) groups is 1. The summed E-state index contributed by atoms with van der Waals surface area (Å²) in [5.41, 5.74) is 1.15. The maximum Gasteiger partial charge on any atom is 0.122 e. The average Bonchev–Trinajstić information content (AvgIpc) is 2.25. The molecule has 0 fully saturated rings. The Morgan fingerprint density at radius 1 is 1.27 bits per heavy atom. The van der Waals surface area contributed by atoms with Gasteiger partial charge in [-0.1, -0.05) is 44.2 Å². The highest BCUT2D eigenvalue weighted by atomic mass is 16.5. The highest BCUT2D eigenvalue weighted by Crippen LogP contribution is 2.12. The first kappa shape index (κ1) is 11.9. The van der Waals surface area contributed by atoms with Gasteiger partial charge in [-0.25, -0.2) is 0 Å². The van der Waals surface area contributed by atoms with Crippen LogP contribution in [0.2, 0.25) is 0 Å². The van der Waals surface area contributed by atoms with Gasteiger partial charge in [0.2, 0.25) is 0 Å². The van der Waals surface area contributed by atoms with Crippen LogP contribution in [0.4, 0.5) is 0 Å². The van der Waals surface area contributed by atoms with Crippen molar-refractivity contribution in [3.05, 3.63) is 35.9 Å². The van der Waals surface area contributed by atoms with E-state index >= 15 is 0 Å². The molecule has 0 aliphatic carbocycles. The van der Waals surface area contributed by atoms with Gasteiger partial charge in [-0.15, -0.1) is 0 Å². The molecule has 1 unspecified atom stereocenters. The van der Waals surface area contributed by atoms with Crippen molar-refractivity contribution in [2.45, 2.75) is 33.0 Å². The van der Waals surface area contributed by atoms with Crippen molar-refractivity contribution in [1.29, 1.82) is 0 Å². The van der Waals surface area contributed by atoms with Gasteiger partial charge in [-0.2, -0.15) is 0 Å². The van der Waals surface area contributed by atoms with E-state index in [2.05, 4.69) is 13.8 Å². The molecule has 0 aliphatic heterocycles. The minimum atomic E-state index is 0.0303. The Kier molecular flexibility index (Phi) is 5.05. The van der Waals surface area contributed by atoms with Crippen molar-refractivity contribution in [2.75, 3.05) is 0 Å². The van der Waals surface area contributed by atoms with Gasteiger partial charge in [-0.3, -0.25) is 0 Å². The standard InChI is InChI=1S/C13H18O2/c1-11(2)13(8-9-14)15-10-12-6-4-3-5-7-12/h3-7,9,11,13H,8,10H2,1-2H3. The van der Waals surface area contributed by atoms with Crippen LogP contribution < -0.4 is 0 Å². The van der Waals surface area contributed by atoms with E-state index in [-0.39, 0.29) is 6.10 Å². The molecule has 2 heteroatoms. The van der Waals surface area contributed by atoms with E-state index in [1.54, 1.807) is 0 Å². The third-order valence-electron chi connectivity index (χ3n) is 2.38. The second kappa shape index (κ2) is 6.36. The maximum atomic E-state index is 10.5. The van der Waals surface area contributed by atoms with Crippen LogP contribution in [0.3, 0.4) is 0 Å². The van der Waals surface area contributed by atoms with Crippen molar-refractivity contribution in [1.82, 2.24) is 0 Å². The number of hydrogen-bond donors (Lipinski definition) is 0. The summed E-state index contributed by atoms with van der Waals surface area (Å²) >= 11 is 0. The third kappa shape index (κ3) is 4.26. The molecule has 15 heavy (non-hydrogen) atoms. The van der Waals surface area contributed by atoms with Crippen molar-refractivity contribution >= 4 is 6.29 Å². The highest BCUT2D eigenvalue weighted by molar-refractivity contribution is 5.50. The average molecular weight is 206 g/mol. The number of ether oxygens (including phenoxy) is 1. The highest BCUT2D eigenvalue weighted by Gasteiger charge is 2.12. The number of rotatable bonds is 6. The normalized spacial score (nSPS) is 12.7. The van der Waals surface area contributed by atoms with Crippen molar-refractivity contribution < 1.29 is 9.53 Å². The van der Waals surface area contributed by atoms with Gasteiger partial charge in [0.05, 0.1) is 12.7 Å². The molecule has 1 atom stereocenters. The second-order valence-electron chi connectivity index (χ2n) is 3.98. The third-order valence-corrected chi connectivity index (χ3v) is 2.38. The Morgan fingerprint density at radius 2 is 1.93 bits per heavy atom. The Labute approximate surface area is 91.3 Å². The summed E-state index contributed by atoms with van der Waals surface area (Å²) in [7, 11) is 0. The summed E-state index contributed by atoms with van der Waals surface area (Å²) in [6, 6.07) is 10.0. The first-order valence-corrected chi connectivity index (χ1v) is 5.33. The lowest BCUT2D eigenvalue weighted by Crippen LogP contribution is -2.20. The van der Waals surface area contributed by atoms with Crippen molar-refractivity contribution in [3.63, 3.8) is 0 Å². The van der Waals surface area contributed by atoms with Crippen LogP contribution in [0, 0.1) is 5.92 Å². The lowest BCUT2D eigenvalue weighted by Gasteiger charge is -2.19. The second-order valence-corrected chi connectivity index (χ2v) is 3.98. The van der Waals surface area contributed by atoms with Crippen molar-refractivity contribution in [2.24, 2.45) is 5.92 Å². The molecule has 0 aromatic heterocycles. The number of hydrogen-bond acceptors (Lipinski definition) is 2. The molecule has 2 nitrogen and oxygen atoms in total. The Balaban J connectivity index is 2.43. The molecule has 1 rings (SSSR count). The maximum absolute atomic E-state index is 10.5. The predicted molar refractivity (Wildman–Crippen MR) is 60.5 cm³/mol. The number of benzene rings is 1. The van der Waals surface area contributed by atoms with E-state index in [4.69, 9.17) is 4.74 Å². The summed E-state index contributed by atoms with van der Waals surface area (Å²) in [5.74, 6) is 0.374. The molecule has 0 heterocycles. The first-order chi connectivity index (χ1) is 7.24. The van der Waals surface area contributed by atoms with E-state index in [1.807, 2.05) is 30.3 Å². The summed E-state index contributed by atoms with van der Waals surface area (Å²) < 4.78 is 5.70. The van der Waals surface area contributed by atoms with Crippen LogP contribution >= 0.6 is 0 Å². The van der Waals surface area contributed by atoms with Gasteiger partial charge < -0.3 is 9.53 Å². The first-order valence-electron chi connectivity index (χ1n) is 5.33. The zero-order valence-electron chi connectivity index (χ0n) is 9.35. The molecule has 82 valence electrons. The predicted octanol–water partition coefficient (Wildman–Crippen LogP) is 2.82. The summed E-state index contributed by atoms with van der Waals surface area (Å²) in [6.07, 6.45) is 1.43. The van der Waals surface area contributed by atoms with Gasteiger partial charge in [0.1, 0.15) is 6.29 Å². The Hall–Kier alpha value is -1.15. The van der Waals surface area contributed by atoms with Crippen molar-refractivity contribution in [3.8, 4) is 0 Å². The zero-order chi connectivity index (χ0) is 11.1. The number of aldehydes is 1. The molecular formula is C13H18O2. The topological polar surface area (TPSA) is 26.3 Å². The minimum absolute atomic E-state index is 0.0303. The van der Waals surface area contributed by atoms with E-state index in [9.17, 15) is 4.79 Å². The summed E-state index contributed by atoms with van der Waals surface area (Å²) in [5, 5.41) is 0. The van der Waals surface area contributed by atoms with Crippen LogP contribution in [0.25, 0.3) is 0 Å². The zero-order valence-corrected chi connectivity index (χ0v) is 9.35. The fourth-order valence-corrected chi connectivity index (χ4v) is 1.40. The monoisotopic (exact) mass is 206 g/mol. The Morgan fingerprint density at radius 3 is 2.47 bits per heavy atom. The largest absolute Gasteiger partial charge is 0.373 e. The van der Waals surface area contributed by atoms with Gasteiger partial charge >= 0.3 is 0 Å². The molecule has 0 N–H and O–H groups in total. The van der Waals surface area contributed by atoms with Crippen LogP contribution in [0.5, 0.6) is 0 Å². The molecule has 0 radical (unpaired) electrons. The quantitative estimate of drug-likeness (QED) is 0.669. The van der Waals surface area contributed by atoms with Gasteiger partial charge in [0.15, 0.2) is 0 Å². The lowest BCUT2D eigenvalue weighted by atomic mass is 10.0. The number of carbonyl (C=O) groups excluding carboxylic acids is 1. The molecule has 0 saturated heterocycles. The molecule has 0 saturated carbocycles. The van der Waals surface area contributed by atoms with Crippen LogP contribution in [-0.2, 0) is 16.1 Å². The van der Waals surface area contributed by atoms with E-state index in [0.29, 0.717) is 18.9 Å². The van der Waals surface area contributed by atoms with Crippen LogP contribution in [-0.4, -0.2) is 12.4 Å². The van der Waals surface area contributed by atoms with Crippen LogP contribution in [0.15, 0.2) is 30.3 Å².